The second-order valence-corrected chi connectivity index (χ2v) is 4.13. The maximum atomic E-state index is 11.4. The van der Waals surface area contributed by atoms with Crippen molar-refractivity contribution < 1.29 is 4.79 Å². The molecule has 74 valence electrons. The van der Waals surface area contributed by atoms with E-state index in [0.29, 0.717) is 17.6 Å². The molecule has 0 radical (unpaired) electrons. The van der Waals surface area contributed by atoms with E-state index in [0.717, 1.165) is 19.3 Å². The summed E-state index contributed by atoms with van der Waals surface area (Å²) in [5, 5.41) is 0. The lowest BCUT2D eigenvalue weighted by molar-refractivity contribution is -0.126. The highest BCUT2D eigenvalue weighted by molar-refractivity contribution is 5.81. The average Bonchev–Trinajstić information content (AvgIpc) is 2.13. The van der Waals surface area contributed by atoms with Gasteiger partial charge in [-0.15, -0.1) is 6.58 Å². The van der Waals surface area contributed by atoms with Crippen molar-refractivity contribution >= 4 is 5.78 Å². The molecule has 0 spiro atoms. The molecule has 1 saturated carbocycles. The van der Waals surface area contributed by atoms with Gasteiger partial charge in [0.2, 0.25) is 0 Å². The molecule has 2 atom stereocenters. The molecule has 0 aromatic carbocycles. The van der Waals surface area contributed by atoms with E-state index in [4.69, 9.17) is 0 Å². The summed E-state index contributed by atoms with van der Waals surface area (Å²) in [5.41, 5.74) is 0. The molecule has 0 amide bonds. The first-order valence-corrected chi connectivity index (χ1v) is 5.39. The normalized spacial score (nSPS) is 28.8. The number of carbonyl (C=O) groups excluding carboxylic acids is 1. The predicted octanol–water partition coefficient (Wildman–Crippen LogP) is 3.35. The molecule has 1 nitrogen and oxygen atoms in total. The third-order valence-corrected chi connectivity index (χ3v) is 3.20. The Morgan fingerprint density at radius 1 is 1.62 bits per heavy atom. The van der Waals surface area contributed by atoms with Crippen molar-refractivity contribution in [2.75, 3.05) is 0 Å². The zero-order valence-corrected chi connectivity index (χ0v) is 8.59. The number of hydrogen-bond acceptors (Lipinski definition) is 1. The molecular weight excluding hydrogens is 160 g/mol. The number of rotatable bonds is 4. The first-order chi connectivity index (χ1) is 6.25. The minimum Gasteiger partial charge on any atom is -0.299 e. The lowest BCUT2D eigenvalue weighted by Gasteiger charge is -2.27. The van der Waals surface area contributed by atoms with Crippen molar-refractivity contribution in [1.82, 2.24) is 0 Å². The molecule has 1 aliphatic rings. The van der Waals surface area contributed by atoms with Crippen molar-refractivity contribution in [3.63, 3.8) is 0 Å². The molecule has 0 N–H and O–H groups in total. The van der Waals surface area contributed by atoms with Gasteiger partial charge < -0.3 is 0 Å². The van der Waals surface area contributed by atoms with E-state index < -0.39 is 0 Å². The third-order valence-electron chi connectivity index (χ3n) is 3.20. The molecule has 0 aromatic rings. The largest absolute Gasteiger partial charge is 0.299 e. The van der Waals surface area contributed by atoms with Crippen LogP contribution in [0.4, 0.5) is 0 Å². The predicted molar refractivity (Wildman–Crippen MR) is 55.6 cm³/mol. The number of unbranched alkanes of at least 4 members (excludes halogenated alkanes) is 1. The topological polar surface area (TPSA) is 17.1 Å². The van der Waals surface area contributed by atoms with Gasteiger partial charge in [0.25, 0.3) is 0 Å². The standard InChI is InChI=1S/C12H20O/c1-3-4-5-7-11-8-6-9-12(13)10(11)2/h3,10-11H,1,4-9H2,2H3. The van der Waals surface area contributed by atoms with Crippen molar-refractivity contribution in [2.24, 2.45) is 11.8 Å². The Bertz CT molecular complexity index is 184. The Labute approximate surface area is 81.2 Å². The number of Topliss-reactive ketones (excluding diaryl/α,β-unsaturated/α-hetero) is 1. The van der Waals surface area contributed by atoms with Gasteiger partial charge in [-0.1, -0.05) is 13.0 Å². The summed E-state index contributed by atoms with van der Waals surface area (Å²) in [6.45, 7) is 5.81. The van der Waals surface area contributed by atoms with Crippen LogP contribution in [0.5, 0.6) is 0 Å². The molecule has 13 heavy (non-hydrogen) atoms. The molecule has 1 heteroatoms. The van der Waals surface area contributed by atoms with Gasteiger partial charge in [0.15, 0.2) is 0 Å². The SMILES string of the molecule is C=CCCCC1CCCC(=O)C1C. The van der Waals surface area contributed by atoms with Crippen LogP contribution in [0, 0.1) is 11.8 Å². The van der Waals surface area contributed by atoms with Crippen LogP contribution >= 0.6 is 0 Å². The highest BCUT2D eigenvalue weighted by atomic mass is 16.1. The first kappa shape index (κ1) is 10.5. The van der Waals surface area contributed by atoms with E-state index in [2.05, 4.69) is 13.5 Å². The zero-order valence-electron chi connectivity index (χ0n) is 8.59. The van der Waals surface area contributed by atoms with Crippen molar-refractivity contribution in [2.45, 2.75) is 45.4 Å². The summed E-state index contributed by atoms with van der Waals surface area (Å²) >= 11 is 0. The molecular formula is C12H20O. The average molecular weight is 180 g/mol. The van der Waals surface area contributed by atoms with Gasteiger partial charge in [-0.3, -0.25) is 4.79 Å². The van der Waals surface area contributed by atoms with E-state index in [1.54, 1.807) is 0 Å². The molecule has 0 aliphatic heterocycles. The molecule has 1 fully saturated rings. The monoisotopic (exact) mass is 180 g/mol. The van der Waals surface area contributed by atoms with E-state index in [-0.39, 0.29) is 0 Å². The zero-order chi connectivity index (χ0) is 9.68. The van der Waals surface area contributed by atoms with Gasteiger partial charge in [-0.25, -0.2) is 0 Å². The first-order valence-electron chi connectivity index (χ1n) is 5.39. The summed E-state index contributed by atoms with van der Waals surface area (Å²) in [7, 11) is 0. The van der Waals surface area contributed by atoms with Crippen LogP contribution in [0.3, 0.4) is 0 Å². The van der Waals surface area contributed by atoms with Gasteiger partial charge in [-0.05, 0) is 38.0 Å². The Balaban J connectivity index is 2.30. The van der Waals surface area contributed by atoms with Gasteiger partial charge >= 0.3 is 0 Å². The van der Waals surface area contributed by atoms with Gasteiger partial charge in [0.1, 0.15) is 5.78 Å². The molecule has 0 bridgehead atoms. The minimum atomic E-state index is 0.318. The van der Waals surface area contributed by atoms with Crippen molar-refractivity contribution in [3.8, 4) is 0 Å². The lowest BCUT2D eigenvalue weighted by Crippen LogP contribution is -2.25. The number of hydrogen-bond donors (Lipinski definition) is 0. The Hall–Kier alpha value is -0.590. The minimum absolute atomic E-state index is 0.318. The third kappa shape index (κ3) is 2.98. The summed E-state index contributed by atoms with van der Waals surface area (Å²) in [5.74, 6) is 1.45. The van der Waals surface area contributed by atoms with E-state index in [1.807, 2.05) is 6.08 Å². The number of allylic oxidation sites excluding steroid dienone is 1. The number of carbonyl (C=O) groups is 1. The Morgan fingerprint density at radius 2 is 2.38 bits per heavy atom. The van der Waals surface area contributed by atoms with Crippen LogP contribution in [-0.4, -0.2) is 5.78 Å². The highest BCUT2D eigenvalue weighted by Gasteiger charge is 2.26. The van der Waals surface area contributed by atoms with Crippen LogP contribution < -0.4 is 0 Å². The molecule has 1 rings (SSSR count). The Kier molecular flexibility index (Phi) is 4.20. The van der Waals surface area contributed by atoms with Crippen LogP contribution in [-0.2, 0) is 4.79 Å². The van der Waals surface area contributed by atoms with E-state index in [1.165, 1.54) is 19.3 Å². The Morgan fingerprint density at radius 3 is 3.08 bits per heavy atom. The summed E-state index contributed by atoms with van der Waals surface area (Å²) in [6, 6.07) is 0. The fraction of sp³-hybridized carbons (Fsp3) is 0.750. The maximum absolute atomic E-state index is 11.4. The maximum Gasteiger partial charge on any atom is 0.135 e. The molecule has 0 heterocycles. The van der Waals surface area contributed by atoms with Crippen LogP contribution in [0.2, 0.25) is 0 Å². The molecule has 1 aliphatic carbocycles. The summed E-state index contributed by atoms with van der Waals surface area (Å²) < 4.78 is 0. The lowest BCUT2D eigenvalue weighted by atomic mass is 9.77. The van der Waals surface area contributed by atoms with Crippen LogP contribution in [0.15, 0.2) is 12.7 Å². The van der Waals surface area contributed by atoms with E-state index >= 15 is 0 Å². The van der Waals surface area contributed by atoms with E-state index in [9.17, 15) is 4.79 Å². The fourth-order valence-electron chi connectivity index (χ4n) is 2.20. The van der Waals surface area contributed by atoms with Crippen molar-refractivity contribution in [3.05, 3.63) is 12.7 Å². The summed E-state index contributed by atoms with van der Waals surface area (Å²) in [4.78, 5) is 11.4. The second kappa shape index (κ2) is 5.21. The van der Waals surface area contributed by atoms with Crippen LogP contribution in [0.25, 0.3) is 0 Å². The van der Waals surface area contributed by atoms with Gasteiger partial charge in [0, 0.05) is 12.3 Å². The quantitative estimate of drug-likeness (QED) is 0.479. The number of ketones is 1. The van der Waals surface area contributed by atoms with Crippen LogP contribution in [0.1, 0.15) is 45.4 Å². The molecule has 0 aromatic heterocycles. The van der Waals surface area contributed by atoms with Gasteiger partial charge in [-0.2, -0.15) is 0 Å². The smallest absolute Gasteiger partial charge is 0.135 e. The fourth-order valence-corrected chi connectivity index (χ4v) is 2.20. The highest BCUT2D eigenvalue weighted by Crippen LogP contribution is 2.30. The van der Waals surface area contributed by atoms with Gasteiger partial charge in [0.05, 0.1) is 0 Å². The van der Waals surface area contributed by atoms with Crippen molar-refractivity contribution in [1.29, 1.82) is 0 Å². The molecule has 0 saturated heterocycles. The molecule has 2 unspecified atom stereocenters. The summed E-state index contributed by atoms with van der Waals surface area (Å²) in [6.07, 6.45) is 8.66. The second-order valence-electron chi connectivity index (χ2n) is 4.13.